The van der Waals surface area contributed by atoms with Crippen molar-refractivity contribution >= 4 is 33.8 Å². The number of rotatable bonds is 0. The summed E-state index contributed by atoms with van der Waals surface area (Å²) in [6.45, 7) is 2.35. The number of nitrogens with one attached hydrogen (secondary N) is 1. The van der Waals surface area contributed by atoms with Gasteiger partial charge in [0.05, 0.1) is 11.7 Å². The lowest BCUT2D eigenvalue weighted by Gasteiger charge is -2.40. The van der Waals surface area contributed by atoms with Crippen LogP contribution >= 0.6 is 23.1 Å². The van der Waals surface area contributed by atoms with Crippen molar-refractivity contribution in [2.45, 2.75) is 6.04 Å². The van der Waals surface area contributed by atoms with Crippen LogP contribution in [0.15, 0.2) is 11.4 Å². The van der Waals surface area contributed by atoms with Crippen LogP contribution in [-0.4, -0.2) is 30.6 Å². The minimum Gasteiger partial charge on any atom is -0.373 e. The van der Waals surface area contributed by atoms with Crippen molar-refractivity contribution in [3.05, 3.63) is 11.4 Å². The van der Waals surface area contributed by atoms with E-state index >= 15 is 0 Å². The molecule has 1 N–H and O–H groups in total. The molecule has 0 spiro atoms. The van der Waals surface area contributed by atoms with E-state index in [1.54, 1.807) is 0 Å². The molecule has 0 saturated carbocycles. The maximum atomic E-state index is 3.51. The lowest BCUT2D eigenvalue weighted by molar-refractivity contribution is 0.659. The molecule has 13 heavy (non-hydrogen) atoms. The van der Waals surface area contributed by atoms with E-state index < -0.39 is 0 Å². The van der Waals surface area contributed by atoms with Gasteiger partial charge in [-0.05, 0) is 11.4 Å². The molecule has 3 heterocycles. The molecule has 0 radical (unpaired) electrons. The zero-order valence-corrected chi connectivity index (χ0v) is 8.96. The second-order valence-corrected chi connectivity index (χ2v) is 5.50. The van der Waals surface area contributed by atoms with Gasteiger partial charge >= 0.3 is 0 Å². The highest BCUT2D eigenvalue weighted by Crippen LogP contribution is 2.38. The fourth-order valence-electron chi connectivity index (χ4n) is 2.01. The monoisotopic (exact) mass is 212 g/mol. The van der Waals surface area contributed by atoms with Gasteiger partial charge in [-0.2, -0.15) is 11.8 Å². The molecule has 0 aliphatic carbocycles. The third kappa shape index (κ3) is 1.23. The summed E-state index contributed by atoms with van der Waals surface area (Å²) in [5.41, 5.74) is 1.43. The standard InChI is InChI=1S/C9H12N2S2/c1-3-13-9-8(1)11-2-4-12-6-7(11)5-10-9/h1,3,7,10H,2,4-6H2. The Balaban J connectivity index is 1.97. The molecule has 2 aliphatic rings. The van der Waals surface area contributed by atoms with Crippen molar-refractivity contribution in [3.63, 3.8) is 0 Å². The van der Waals surface area contributed by atoms with Gasteiger partial charge < -0.3 is 10.2 Å². The molecule has 1 atom stereocenters. The zero-order chi connectivity index (χ0) is 8.67. The summed E-state index contributed by atoms with van der Waals surface area (Å²) < 4.78 is 0. The number of hydrogen-bond acceptors (Lipinski definition) is 4. The van der Waals surface area contributed by atoms with Crippen molar-refractivity contribution in [1.29, 1.82) is 0 Å². The number of anilines is 2. The molecule has 1 fully saturated rings. The maximum Gasteiger partial charge on any atom is 0.112 e. The van der Waals surface area contributed by atoms with Crippen LogP contribution in [0.4, 0.5) is 10.7 Å². The van der Waals surface area contributed by atoms with Crippen LogP contribution in [-0.2, 0) is 0 Å². The molecule has 0 aromatic carbocycles. The topological polar surface area (TPSA) is 15.3 Å². The van der Waals surface area contributed by atoms with E-state index in [-0.39, 0.29) is 0 Å². The zero-order valence-electron chi connectivity index (χ0n) is 7.32. The second kappa shape index (κ2) is 3.10. The van der Waals surface area contributed by atoms with E-state index in [0.717, 1.165) is 12.6 Å². The first kappa shape index (κ1) is 8.00. The quantitative estimate of drug-likeness (QED) is 0.709. The molecule has 1 unspecified atom stereocenters. The molecule has 1 saturated heterocycles. The van der Waals surface area contributed by atoms with Gasteiger partial charge in [0.2, 0.25) is 0 Å². The van der Waals surface area contributed by atoms with Gasteiger partial charge in [-0.1, -0.05) is 0 Å². The lowest BCUT2D eigenvalue weighted by Crippen LogP contribution is -2.48. The first-order valence-electron chi connectivity index (χ1n) is 4.61. The van der Waals surface area contributed by atoms with Crippen LogP contribution in [0.1, 0.15) is 0 Å². The second-order valence-electron chi connectivity index (χ2n) is 3.44. The largest absolute Gasteiger partial charge is 0.373 e. The van der Waals surface area contributed by atoms with Gasteiger partial charge in [0.1, 0.15) is 5.00 Å². The van der Waals surface area contributed by atoms with Crippen LogP contribution in [0.5, 0.6) is 0 Å². The summed E-state index contributed by atoms with van der Waals surface area (Å²) in [6.07, 6.45) is 0. The molecule has 4 heteroatoms. The smallest absolute Gasteiger partial charge is 0.112 e. The van der Waals surface area contributed by atoms with Gasteiger partial charge in [-0.25, -0.2) is 0 Å². The Labute approximate surface area is 86.3 Å². The van der Waals surface area contributed by atoms with Gasteiger partial charge in [0, 0.05) is 24.6 Å². The van der Waals surface area contributed by atoms with Gasteiger partial charge in [0.15, 0.2) is 0 Å². The number of hydrogen-bond donors (Lipinski definition) is 1. The van der Waals surface area contributed by atoms with Crippen molar-refractivity contribution < 1.29 is 0 Å². The maximum absolute atomic E-state index is 3.51. The molecule has 3 rings (SSSR count). The Kier molecular flexibility index (Phi) is 1.91. The van der Waals surface area contributed by atoms with Crippen molar-refractivity contribution in [1.82, 2.24) is 0 Å². The predicted octanol–water partition coefficient (Wildman–Crippen LogP) is 2.10. The number of thiophene rings is 1. The van der Waals surface area contributed by atoms with Gasteiger partial charge in [-0.3, -0.25) is 0 Å². The minimum absolute atomic E-state index is 0.723. The molecular weight excluding hydrogens is 200 g/mol. The van der Waals surface area contributed by atoms with Crippen molar-refractivity contribution in [3.8, 4) is 0 Å². The Morgan fingerprint density at radius 3 is 3.54 bits per heavy atom. The van der Waals surface area contributed by atoms with Crippen LogP contribution in [0.25, 0.3) is 0 Å². The third-order valence-corrected chi connectivity index (χ3v) is 4.63. The SMILES string of the molecule is c1cc2c(s1)NCC1CSCCN21. The Bertz CT molecular complexity index is 310. The third-order valence-electron chi connectivity index (χ3n) is 2.68. The average Bonchev–Trinajstić information content (AvgIpc) is 2.65. The lowest BCUT2D eigenvalue weighted by atomic mass is 10.2. The van der Waals surface area contributed by atoms with Crippen molar-refractivity contribution in [2.24, 2.45) is 0 Å². The van der Waals surface area contributed by atoms with Crippen LogP contribution in [0.2, 0.25) is 0 Å². The van der Waals surface area contributed by atoms with Crippen LogP contribution < -0.4 is 10.2 Å². The van der Waals surface area contributed by atoms with Gasteiger partial charge in [-0.15, -0.1) is 11.3 Å². The summed E-state index contributed by atoms with van der Waals surface area (Å²) >= 11 is 3.90. The normalized spacial score (nSPS) is 26.2. The van der Waals surface area contributed by atoms with E-state index in [1.807, 2.05) is 11.3 Å². The first-order chi connectivity index (χ1) is 6.45. The summed E-state index contributed by atoms with van der Waals surface area (Å²) in [5.74, 6) is 2.56. The molecule has 2 aliphatic heterocycles. The Morgan fingerprint density at radius 2 is 2.54 bits per heavy atom. The summed E-state index contributed by atoms with van der Waals surface area (Å²) in [7, 11) is 0. The van der Waals surface area contributed by atoms with E-state index in [4.69, 9.17) is 0 Å². The fourth-order valence-corrected chi connectivity index (χ4v) is 3.88. The Hall–Kier alpha value is -0.350. The molecule has 2 nitrogen and oxygen atoms in total. The van der Waals surface area contributed by atoms with Crippen LogP contribution in [0.3, 0.4) is 0 Å². The molecule has 1 aromatic rings. The summed E-state index contributed by atoms with van der Waals surface area (Å²) in [6, 6.07) is 2.97. The fraction of sp³-hybridized carbons (Fsp3) is 0.556. The molecule has 70 valence electrons. The Morgan fingerprint density at radius 1 is 1.54 bits per heavy atom. The predicted molar refractivity (Wildman–Crippen MR) is 61.3 cm³/mol. The van der Waals surface area contributed by atoms with Crippen LogP contribution in [0, 0.1) is 0 Å². The highest BCUT2D eigenvalue weighted by atomic mass is 32.2. The van der Waals surface area contributed by atoms with E-state index in [2.05, 4.69) is 33.4 Å². The average molecular weight is 212 g/mol. The summed E-state index contributed by atoms with van der Waals surface area (Å²) in [5, 5.41) is 7.05. The van der Waals surface area contributed by atoms with E-state index in [0.29, 0.717) is 0 Å². The molecule has 0 amide bonds. The highest BCUT2D eigenvalue weighted by molar-refractivity contribution is 7.99. The van der Waals surface area contributed by atoms with Gasteiger partial charge in [0.25, 0.3) is 0 Å². The number of nitrogens with zero attached hydrogens (tertiary/aromatic N) is 1. The van der Waals surface area contributed by atoms with E-state index in [9.17, 15) is 0 Å². The number of fused-ring (bicyclic) bond motifs is 3. The minimum atomic E-state index is 0.723. The molecular formula is C9H12N2S2. The van der Waals surface area contributed by atoms with Crippen molar-refractivity contribution in [2.75, 3.05) is 34.8 Å². The number of thioether (sulfide) groups is 1. The first-order valence-corrected chi connectivity index (χ1v) is 6.64. The molecule has 1 aromatic heterocycles. The summed E-state index contributed by atoms with van der Waals surface area (Å²) in [4.78, 5) is 2.57. The molecule has 0 bridgehead atoms. The highest BCUT2D eigenvalue weighted by Gasteiger charge is 2.28. The van der Waals surface area contributed by atoms with E-state index in [1.165, 1.54) is 28.7 Å².